The molecule has 5 rings (SSSR count). The van der Waals surface area contributed by atoms with Gasteiger partial charge in [-0.05, 0) is 63.8 Å². The topological polar surface area (TPSA) is 108 Å². The lowest BCUT2D eigenvalue weighted by Crippen LogP contribution is -2.09. The van der Waals surface area contributed by atoms with E-state index in [4.69, 9.17) is 5.10 Å². The van der Waals surface area contributed by atoms with E-state index in [-0.39, 0.29) is 10.7 Å². The van der Waals surface area contributed by atoms with Crippen LogP contribution in [0.1, 0.15) is 29.8 Å². The van der Waals surface area contributed by atoms with Crippen molar-refractivity contribution >= 4 is 21.5 Å². The summed E-state index contributed by atoms with van der Waals surface area (Å²) in [6.45, 7) is 6.11. The smallest absolute Gasteiger partial charge is 0.179 e. The maximum atomic E-state index is 13.5. The Morgan fingerprint density at radius 1 is 1.09 bits per heavy atom. The van der Waals surface area contributed by atoms with Crippen molar-refractivity contribution in [1.29, 1.82) is 0 Å². The van der Waals surface area contributed by atoms with Crippen LogP contribution in [0.5, 0.6) is 0 Å². The number of aryl methyl sites for hydroxylation is 1. The highest BCUT2D eigenvalue weighted by molar-refractivity contribution is 7.90. The molecule has 0 radical (unpaired) electrons. The molecule has 3 heterocycles. The molecule has 0 amide bonds. The Morgan fingerprint density at radius 3 is 2.43 bits per heavy atom. The van der Waals surface area contributed by atoms with E-state index < -0.39 is 9.84 Å². The molecule has 1 saturated carbocycles. The number of sulfone groups is 1. The third-order valence-electron chi connectivity index (χ3n) is 6.15. The average molecular weight is 496 g/mol. The molecule has 3 aromatic heterocycles. The maximum absolute atomic E-state index is 13.5. The van der Waals surface area contributed by atoms with Gasteiger partial charge in [-0.15, -0.1) is 0 Å². The summed E-state index contributed by atoms with van der Waals surface area (Å²) in [6.07, 6.45) is 4.92. The van der Waals surface area contributed by atoms with Gasteiger partial charge in [0.1, 0.15) is 28.7 Å². The van der Waals surface area contributed by atoms with Gasteiger partial charge in [0, 0.05) is 30.0 Å². The molecule has 1 aliphatic carbocycles. The zero-order valence-electron chi connectivity index (χ0n) is 19.9. The number of anilines is 2. The van der Waals surface area contributed by atoms with Crippen LogP contribution in [0, 0.1) is 32.5 Å². The highest BCUT2D eigenvalue weighted by atomic mass is 32.2. The van der Waals surface area contributed by atoms with E-state index in [1.807, 2.05) is 11.6 Å². The molecule has 0 aliphatic heterocycles. The zero-order chi connectivity index (χ0) is 24.9. The van der Waals surface area contributed by atoms with E-state index in [0.717, 1.165) is 29.2 Å². The third kappa shape index (κ3) is 4.55. The first kappa shape index (κ1) is 23.2. The SMILES string of the molecule is Cc1nn(-c2cc(Nc3c(C)c(-c4ccc(F)cc4)nn3CC3CC3)ncn2)c(C)c1S(C)(=O)=O. The van der Waals surface area contributed by atoms with Crippen molar-refractivity contribution in [3.05, 3.63) is 59.4 Å². The Hall–Kier alpha value is -3.60. The molecule has 0 atom stereocenters. The molecule has 1 N–H and O–H groups in total. The molecule has 1 aliphatic rings. The number of rotatable bonds is 7. The fourth-order valence-electron chi connectivity index (χ4n) is 4.31. The van der Waals surface area contributed by atoms with E-state index in [2.05, 4.69) is 20.4 Å². The van der Waals surface area contributed by atoms with E-state index >= 15 is 0 Å². The Bertz CT molecular complexity index is 1520. The fraction of sp³-hybridized carbons (Fsp3) is 0.333. The molecule has 1 fully saturated rings. The van der Waals surface area contributed by atoms with Crippen molar-refractivity contribution < 1.29 is 12.8 Å². The summed E-state index contributed by atoms with van der Waals surface area (Å²) < 4.78 is 41.3. The number of halogens is 1. The van der Waals surface area contributed by atoms with Crippen LogP contribution in [0.15, 0.2) is 41.6 Å². The van der Waals surface area contributed by atoms with Crippen LogP contribution in [-0.4, -0.2) is 44.2 Å². The predicted molar refractivity (Wildman–Crippen MR) is 130 cm³/mol. The van der Waals surface area contributed by atoms with E-state index in [9.17, 15) is 12.8 Å². The van der Waals surface area contributed by atoms with Gasteiger partial charge in [0.25, 0.3) is 0 Å². The number of aromatic nitrogens is 6. The van der Waals surface area contributed by atoms with Crippen LogP contribution < -0.4 is 5.32 Å². The quantitative estimate of drug-likeness (QED) is 0.410. The first-order valence-corrected chi connectivity index (χ1v) is 13.2. The first-order chi connectivity index (χ1) is 16.6. The molecular weight excluding hydrogens is 469 g/mol. The van der Waals surface area contributed by atoms with Gasteiger partial charge in [0.15, 0.2) is 15.7 Å². The second-order valence-electron chi connectivity index (χ2n) is 9.02. The summed E-state index contributed by atoms with van der Waals surface area (Å²) in [5.74, 6) is 2.06. The molecular formula is C24H26FN7O2S. The molecule has 0 spiro atoms. The molecule has 0 bridgehead atoms. The lowest BCUT2D eigenvalue weighted by atomic mass is 10.1. The van der Waals surface area contributed by atoms with Crippen molar-refractivity contribution in [1.82, 2.24) is 29.5 Å². The normalized spacial score (nSPS) is 13.9. The lowest BCUT2D eigenvalue weighted by Gasteiger charge is -2.11. The summed E-state index contributed by atoms with van der Waals surface area (Å²) >= 11 is 0. The van der Waals surface area contributed by atoms with Crippen LogP contribution >= 0.6 is 0 Å². The predicted octanol–water partition coefficient (Wildman–Crippen LogP) is 4.15. The number of benzene rings is 1. The molecule has 1 aromatic carbocycles. The minimum Gasteiger partial charge on any atom is -0.325 e. The van der Waals surface area contributed by atoms with Gasteiger partial charge in [0.2, 0.25) is 0 Å². The van der Waals surface area contributed by atoms with Gasteiger partial charge >= 0.3 is 0 Å². The van der Waals surface area contributed by atoms with Gasteiger partial charge in [0.05, 0.1) is 17.1 Å². The summed E-state index contributed by atoms with van der Waals surface area (Å²) in [6, 6.07) is 8.02. The number of nitrogens with zero attached hydrogens (tertiary/aromatic N) is 6. The number of hydrogen-bond donors (Lipinski definition) is 1. The summed E-state index contributed by atoms with van der Waals surface area (Å²) in [5, 5.41) is 12.6. The monoisotopic (exact) mass is 495 g/mol. The van der Waals surface area contributed by atoms with E-state index in [1.165, 1.54) is 42.2 Å². The summed E-state index contributed by atoms with van der Waals surface area (Å²) in [7, 11) is -3.43. The Balaban J connectivity index is 1.53. The fourth-order valence-corrected chi connectivity index (χ4v) is 5.51. The van der Waals surface area contributed by atoms with Gasteiger partial charge < -0.3 is 5.32 Å². The van der Waals surface area contributed by atoms with Crippen LogP contribution in [0.25, 0.3) is 17.1 Å². The highest BCUT2D eigenvalue weighted by Crippen LogP contribution is 2.35. The molecule has 0 unspecified atom stereocenters. The second kappa shape index (κ2) is 8.56. The summed E-state index contributed by atoms with van der Waals surface area (Å²) in [5.41, 5.74) is 3.44. The van der Waals surface area contributed by atoms with Crippen LogP contribution in [0.2, 0.25) is 0 Å². The molecule has 9 nitrogen and oxygen atoms in total. The largest absolute Gasteiger partial charge is 0.325 e. The first-order valence-electron chi connectivity index (χ1n) is 11.3. The highest BCUT2D eigenvalue weighted by Gasteiger charge is 2.26. The van der Waals surface area contributed by atoms with E-state index in [0.29, 0.717) is 28.9 Å². The third-order valence-corrected chi connectivity index (χ3v) is 7.48. The summed E-state index contributed by atoms with van der Waals surface area (Å²) in [4.78, 5) is 8.88. The van der Waals surface area contributed by atoms with Crippen LogP contribution in [0.3, 0.4) is 0 Å². The number of nitrogens with one attached hydrogen (secondary N) is 1. The minimum atomic E-state index is -3.43. The number of hydrogen-bond acceptors (Lipinski definition) is 7. The van der Waals surface area contributed by atoms with Crippen molar-refractivity contribution in [3.8, 4) is 17.1 Å². The van der Waals surface area contributed by atoms with Crippen LogP contribution in [0.4, 0.5) is 16.0 Å². The molecule has 11 heteroatoms. The maximum Gasteiger partial charge on any atom is 0.179 e. The van der Waals surface area contributed by atoms with Crippen molar-refractivity contribution in [3.63, 3.8) is 0 Å². The van der Waals surface area contributed by atoms with Gasteiger partial charge in [-0.3, -0.25) is 0 Å². The molecule has 0 saturated heterocycles. The Morgan fingerprint density at radius 2 is 1.80 bits per heavy atom. The zero-order valence-corrected chi connectivity index (χ0v) is 20.8. The van der Waals surface area contributed by atoms with Gasteiger partial charge in [-0.2, -0.15) is 10.2 Å². The van der Waals surface area contributed by atoms with Crippen molar-refractivity contribution in [2.75, 3.05) is 11.6 Å². The lowest BCUT2D eigenvalue weighted by molar-refractivity contribution is 0.571. The van der Waals surface area contributed by atoms with Gasteiger partial charge in [-0.1, -0.05) is 0 Å². The van der Waals surface area contributed by atoms with Crippen molar-refractivity contribution in [2.45, 2.75) is 45.1 Å². The standard InChI is InChI=1S/C24H26FN7O2S/c1-14-22(18-7-9-19(25)10-8-18)30-31(12-17-5-6-17)24(14)28-20-11-21(27-13-26-20)32-16(3)23(15(2)29-32)35(4,33)34/h7-11,13,17H,5-6,12H2,1-4H3,(H,26,27,28). The van der Waals surface area contributed by atoms with Gasteiger partial charge in [-0.25, -0.2) is 32.1 Å². The van der Waals surface area contributed by atoms with Crippen molar-refractivity contribution in [2.24, 2.45) is 5.92 Å². The molecule has 4 aromatic rings. The Labute approximate surface area is 203 Å². The minimum absolute atomic E-state index is 0.202. The molecule has 35 heavy (non-hydrogen) atoms. The van der Waals surface area contributed by atoms with E-state index in [1.54, 1.807) is 32.0 Å². The second-order valence-corrected chi connectivity index (χ2v) is 11.0. The average Bonchev–Trinajstić information content (AvgIpc) is 3.49. The Kier molecular flexibility index (Phi) is 5.66. The molecule has 182 valence electrons. The van der Waals surface area contributed by atoms with Crippen LogP contribution in [-0.2, 0) is 16.4 Å².